The van der Waals surface area contributed by atoms with E-state index < -0.39 is 0 Å². The van der Waals surface area contributed by atoms with E-state index in [-0.39, 0.29) is 36.3 Å². The Morgan fingerprint density at radius 1 is 1.18 bits per heavy atom. The van der Waals surface area contributed by atoms with Gasteiger partial charge in [-0.25, -0.2) is 0 Å². The number of amides is 2. The molecule has 0 radical (unpaired) electrons. The number of halogens is 1. The highest BCUT2D eigenvalue weighted by molar-refractivity contribution is 5.85. The maximum absolute atomic E-state index is 12.4. The lowest BCUT2D eigenvalue weighted by Gasteiger charge is -2.24. The first kappa shape index (κ1) is 16.1. The third-order valence-corrected chi connectivity index (χ3v) is 5.67. The second-order valence-electron chi connectivity index (χ2n) is 7.29. The van der Waals surface area contributed by atoms with Gasteiger partial charge in [-0.2, -0.15) is 0 Å². The van der Waals surface area contributed by atoms with Crippen molar-refractivity contribution in [1.29, 1.82) is 0 Å². The average Bonchev–Trinajstić information content (AvgIpc) is 3.11. The highest BCUT2D eigenvalue weighted by atomic mass is 35.5. The summed E-state index contributed by atoms with van der Waals surface area (Å²) in [5, 5.41) is 6.62. The molecule has 2 aliphatic heterocycles. The summed E-state index contributed by atoms with van der Waals surface area (Å²) in [6.45, 7) is 0.717. The van der Waals surface area contributed by atoms with Crippen LogP contribution in [0.4, 0.5) is 0 Å². The Labute approximate surface area is 138 Å². The monoisotopic (exact) mass is 327 g/mol. The number of nitrogens with one attached hydrogen (secondary N) is 2. The molecular weight excluding hydrogens is 302 g/mol. The number of carbonyl (C=O) groups excluding carboxylic acids is 2. The van der Waals surface area contributed by atoms with Crippen LogP contribution < -0.4 is 10.6 Å². The number of hydrogen-bond donors (Lipinski definition) is 2. The van der Waals surface area contributed by atoms with Crippen LogP contribution in [0.15, 0.2) is 0 Å². The number of carbonyl (C=O) groups is 2. The molecule has 0 aromatic heterocycles. The molecule has 2 aliphatic carbocycles. The van der Waals surface area contributed by atoms with Gasteiger partial charge in [0, 0.05) is 25.0 Å². The van der Waals surface area contributed by atoms with Crippen LogP contribution in [0.3, 0.4) is 0 Å². The van der Waals surface area contributed by atoms with Gasteiger partial charge in [-0.3, -0.25) is 9.59 Å². The van der Waals surface area contributed by atoms with E-state index in [0.29, 0.717) is 24.4 Å². The summed E-state index contributed by atoms with van der Waals surface area (Å²) in [7, 11) is 0. The highest BCUT2D eigenvalue weighted by Gasteiger charge is 2.42. The van der Waals surface area contributed by atoms with Crippen molar-refractivity contribution in [3.05, 3.63) is 0 Å². The smallest absolute Gasteiger partial charge is 0.237 e. The first-order valence-electron chi connectivity index (χ1n) is 8.56. The van der Waals surface area contributed by atoms with Gasteiger partial charge in [0.25, 0.3) is 0 Å². The molecule has 4 fully saturated rings. The molecule has 124 valence electrons. The molecule has 0 bridgehead atoms. The molecule has 22 heavy (non-hydrogen) atoms. The summed E-state index contributed by atoms with van der Waals surface area (Å²) >= 11 is 0. The standard InChI is InChI=1S/C16H25N3O2.ClH/c20-15-8-11(9-19(15)12-5-6-12)17-16(21)14-7-10-3-1-2-4-13(10)18-14;/h10-14,18H,1-9H2,(H,17,21);1H. The van der Waals surface area contributed by atoms with E-state index in [1.54, 1.807) is 0 Å². The zero-order valence-electron chi connectivity index (χ0n) is 12.9. The fraction of sp³-hybridized carbons (Fsp3) is 0.875. The minimum atomic E-state index is -0.0387. The van der Waals surface area contributed by atoms with Gasteiger partial charge in [0.1, 0.15) is 0 Å². The Kier molecular flexibility index (Phi) is 4.64. The quantitative estimate of drug-likeness (QED) is 0.819. The molecule has 5 nitrogen and oxygen atoms in total. The van der Waals surface area contributed by atoms with E-state index in [4.69, 9.17) is 0 Å². The Morgan fingerprint density at radius 3 is 2.68 bits per heavy atom. The van der Waals surface area contributed by atoms with E-state index >= 15 is 0 Å². The molecule has 2 amide bonds. The zero-order valence-corrected chi connectivity index (χ0v) is 13.7. The number of rotatable bonds is 3. The largest absolute Gasteiger partial charge is 0.350 e. The van der Waals surface area contributed by atoms with Crippen molar-refractivity contribution in [2.75, 3.05) is 6.54 Å². The van der Waals surface area contributed by atoms with Gasteiger partial charge in [-0.15, -0.1) is 12.4 Å². The molecule has 0 spiro atoms. The van der Waals surface area contributed by atoms with Crippen LogP contribution in [-0.2, 0) is 9.59 Å². The van der Waals surface area contributed by atoms with Gasteiger partial charge >= 0.3 is 0 Å². The van der Waals surface area contributed by atoms with Crippen molar-refractivity contribution in [1.82, 2.24) is 15.5 Å². The van der Waals surface area contributed by atoms with Crippen LogP contribution in [0.1, 0.15) is 51.4 Å². The molecule has 2 saturated heterocycles. The maximum Gasteiger partial charge on any atom is 0.237 e. The molecule has 0 aromatic carbocycles. The topological polar surface area (TPSA) is 61.4 Å². The van der Waals surface area contributed by atoms with Crippen LogP contribution in [0, 0.1) is 5.92 Å². The number of likely N-dealkylation sites (tertiary alicyclic amines) is 1. The first-order chi connectivity index (χ1) is 10.2. The fourth-order valence-electron chi connectivity index (χ4n) is 4.39. The van der Waals surface area contributed by atoms with Gasteiger partial charge < -0.3 is 15.5 Å². The summed E-state index contributed by atoms with van der Waals surface area (Å²) in [6.07, 6.45) is 8.82. The Bertz CT molecular complexity index is 441. The zero-order chi connectivity index (χ0) is 14.4. The Hall–Kier alpha value is -0.810. The number of nitrogens with zero attached hydrogens (tertiary/aromatic N) is 1. The Morgan fingerprint density at radius 2 is 1.95 bits per heavy atom. The van der Waals surface area contributed by atoms with Gasteiger partial charge in [-0.1, -0.05) is 12.8 Å². The Balaban J connectivity index is 0.00000144. The highest BCUT2D eigenvalue weighted by Crippen LogP contribution is 2.34. The molecule has 4 aliphatic rings. The normalized spacial score (nSPS) is 37.6. The maximum atomic E-state index is 12.4. The summed E-state index contributed by atoms with van der Waals surface area (Å²) in [6, 6.07) is 0.993. The molecule has 6 heteroatoms. The molecule has 2 heterocycles. The molecular formula is C16H26ClN3O2. The van der Waals surface area contributed by atoms with Crippen LogP contribution in [-0.4, -0.2) is 47.4 Å². The lowest BCUT2D eigenvalue weighted by atomic mass is 9.85. The minimum Gasteiger partial charge on any atom is -0.350 e. The molecule has 4 unspecified atom stereocenters. The van der Waals surface area contributed by atoms with E-state index in [0.717, 1.165) is 25.8 Å². The third kappa shape index (κ3) is 3.11. The van der Waals surface area contributed by atoms with Crippen molar-refractivity contribution < 1.29 is 9.59 Å². The van der Waals surface area contributed by atoms with Crippen molar-refractivity contribution in [2.24, 2.45) is 5.92 Å². The lowest BCUT2D eigenvalue weighted by molar-refractivity contribution is -0.128. The van der Waals surface area contributed by atoms with Crippen molar-refractivity contribution in [3.63, 3.8) is 0 Å². The fourth-order valence-corrected chi connectivity index (χ4v) is 4.39. The predicted molar refractivity (Wildman–Crippen MR) is 85.8 cm³/mol. The van der Waals surface area contributed by atoms with Crippen LogP contribution in [0.2, 0.25) is 0 Å². The van der Waals surface area contributed by atoms with Crippen molar-refractivity contribution >= 4 is 24.2 Å². The van der Waals surface area contributed by atoms with Gasteiger partial charge in [0.15, 0.2) is 0 Å². The molecule has 2 N–H and O–H groups in total. The predicted octanol–water partition coefficient (Wildman–Crippen LogP) is 1.21. The molecule has 4 rings (SSSR count). The van der Waals surface area contributed by atoms with E-state index in [1.165, 1.54) is 25.7 Å². The van der Waals surface area contributed by atoms with Crippen molar-refractivity contribution in [2.45, 2.75) is 75.5 Å². The lowest BCUT2D eigenvalue weighted by Crippen LogP contribution is -2.47. The van der Waals surface area contributed by atoms with Gasteiger partial charge in [-0.05, 0) is 38.0 Å². The molecule has 4 atom stereocenters. The minimum absolute atomic E-state index is 0. The van der Waals surface area contributed by atoms with Crippen LogP contribution >= 0.6 is 12.4 Å². The summed E-state index contributed by atoms with van der Waals surface area (Å²) in [4.78, 5) is 26.3. The first-order valence-corrected chi connectivity index (χ1v) is 8.56. The van der Waals surface area contributed by atoms with Crippen LogP contribution in [0.25, 0.3) is 0 Å². The number of fused-ring (bicyclic) bond motifs is 1. The van der Waals surface area contributed by atoms with Crippen molar-refractivity contribution in [3.8, 4) is 0 Å². The van der Waals surface area contributed by atoms with Gasteiger partial charge in [0.2, 0.25) is 11.8 Å². The third-order valence-electron chi connectivity index (χ3n) is 5.67. The van der Waals surface area contributed by atoms with Gasteiger partial charge in [0.05, 0.1) is 12.1 Å². The van der Waals surface area contributed by atoms with E-state index in [1.807, 2.05) is 4.90 Å². The van der Waals surface area contributed by atoms with E-state index in [9.17, 15) is 9.59 Å². The summed E-state index contributed by atoms with van der Waals surface area (Å²) in [5.41, 5.74) is 0. The van der Waals surface area contributed by atoms with Crippen LogP contribution in [0.5, 0.6) is 0 Å². The molecule has 0 aromatic rings. The van der Waals surface area contributed by atoms with E-state index in [2.05, 4.69) is 10.6 Å². The summed E-state index contributed by atoms with van der Waals surface area (Å²) < 4.78 is 0. The second-order valence-corrected chi connectivity index (χ2v) is 7.29. The SMILES string of the molecule is Cl.O=C(NC1CC(=O)N(C2CC2)C1)C1CC2CCCCC2N1. The number of hydrogen-bond acceptors (Lipinski definition) is 3. The molecule has 2 saturated carbocycles. The summed E-state index contributed by atoms with van der Waals surface area (Å²) in [5.74, 6) is 1.01. The second kappa shape index (κ2) is 6.36. The average molecular weight is 328 g/mol.